The molecule has 0 radical (unpaired) electrons. The van der Waals surface area contributed by atoms with Gasteiger partial charge in [0.15, 0.2) is 0 Å². The molecular formula is C12H10BrN3O. The number of aryl methyl sites for hydroxylation is 1. The Labute approximate surface area is 107 Å². The topological polar surface area (TPSA) is 54.9 Å². The Hall–Kier alpha value is -1.75. The molecule has 2 rings (SSSR count). The molecule has 0 saturated carbocycles. The van der Waals surface area contributed by atoms with E-state index in [2.05, 4.69) is 31.2 Å². The minimum absolute atomic E-state index is 0.252. The van der Waals surface area contributed by atoms with E-state index in [1.165, 1.54) is 0 Å². The molecule has 0 saturated heterocycles. The summed E-state index contributed by atoms with van der Waals surface area (Å²) in [5.41, 5.74) is 1.25. The van der Waals surface area contributed by atoms with Crippen LogP contribution in [0.3, 0.4) is 0 Å². The third kappa shape index (κ3) is 2.88. The summed E-state index contributed by atoms with van der Waals surface area (Å²) in [4.78, 5) is 20.0. The van der Waals surface area contributed by atoms with Crippen LogP contribution in [0.15, 0.2) is 41.1 Å². The predicted molar refractivity (Wildman–Crippen MR) is 68.9 cm³/mol. The van der Waals surface area contributed by atoms with E-state index in [1.807, 2.05) is 19.1 Å². The third-order valence-corrected chi connectivity index (χ3v) is 2.66. The molecule has 0 fully saturated rings. The standard InChI is InChI=1S/C12H10BrN3O/c1-8-3-2-6-14-11(8)12(17)16-10-5-4-9(13)7-15-10/h2-7H,1H3,(H,15,16,17). The first kappa shape index (κ1) is 11.7. The van der Waals surface area contributed by atoms with Crippen LogP contribution < -0.4 is 5.32 Å². The summed E-state index contributed by atoms with van der Waals surface area (Å²) in [6.45, 7) is 1.84. The molecule has 86 valence electrons. The van der Waals surface area contributed by atoms with Crippen LogP contribution in [0.2, 0.25) is 0 Å². The van der Waals surface area contributed by atoms with Crippen molar-refractivity contribution in [2.45, 2.75) is 6.92 Å². The maximum atomic E-state index is 11.9. The number of amides is 1. The lowest BCUT2D eigenvalue weighted by atomic mass is 10.2. The van der Waals surface area contributed by atoms with Gasteiger partial charge in [0.1, 0.15) is 11.5 Å². The van der Waals surface area contributed by atoms with Crippen LogP contribution in [0.1, 0.15) is 16.1 Å². The molecule has 17 heavy (non-hydrogen) atoms. The fourth-order valence-electron chi connectivity index (χ4n) is 1.35. The van der Waals surface area contributed by atoms with Crippen molar-refractivity contribution in [1.82, 2.24) is 9.97 Å². The molecule has 2 aromatic rings. The van der Waals surface area contributed by atoms with Gasteiger partial charge in [0.2, 0.25) is 0 Å². The third-order valence-electron chi connectivity index (χ3n) is 2.19. The Balaban J connectivity index is 2.17. The minimum atomic E-state index is -0.252. The molecule has 0 atom stereocenters. The highest BCUT2D eigenvalue weighted by Crippen LogP contribution is 2.12. The lowest BCUT2D eigenvalue weighted by molar-refractivity contribution is 0.102. The molecule has 0 spiro atoms. The molecule has 0 aliphatic rings. The van der Waals surface area contributed by atoms with Crippen LogP contribution in [0.25, 0.3) is 0 Å². The number of hydrogen-bond acceptors (Lipinski definition) is 3. The Morgan fingerprint density at radius 1 is 1.29 bits per heavy atom. The second kappa shape index (κ2) is 5.05. The van der Waals surface area contributed by atoms with Gasteiger partial charge in [0, 0.05) is 16.9 Å². The number of anilines is 1. The summed E-state index contributed by atoms with van der Waals surface area (Å²) in [5, 5.41) is 2.69. The molecule has 0 aliphatic carbocycles. The van der Waals surface area contributed by atoms with Crippen LogP contribution >= 0.6 is 15.9 Å². The second-order valence-corrected chi connectivity index (χ2v) is 4.40. The second-order valence-electron chi connectivity index (χ2n) is 3.48. The lowest BCUT2D eigenvalue weighted by Gasteiger charge is -2.05. The summed E-state index contributed by atoms with van der Waals surface area (Å²) in [7, 11) is 0. The van der Waals surface area contributed by atoms with Gasteiger partial charge >= 0.3 is 0 Å². The number of halogens is 1. The van der Waals surface area contributed by atoms with Crippen molar-refractivity contribution in [1.29, 1.82) is 0 Å². The van der Waals surface area contributed by atoms with Gasteiger partial charge in [-0.05, 0) is 46.6 Å². The first-order chi connectivity index (χ1) is 8.16. The first-order valence-electron chi connectivity index (χ1n) is 5.01. The number of rotatable bonds is 2. The van der Waals surface area contributed by atoms with Crippen molar-refractivity contribution in [2.75, 3.05) is 5.32 Å². The average Bonchev–Trinajstić information content (AvgIpc) is 2.32. The summed E-state index contributed by atoms with van der Waals surface area (Å²) in [5.74, 6) is 0.251. The fourth-order valence-corrected chi connectivity index (χ4v) is 1.58. The maximum absolute atomic E-state index is 11.9. The van der Waals surface area contributed by atoms with Crippen molar-refractivity contribution < 1.29 is 4.79 Å². The summed E-state index contributed by atoms with van der Waals surface area (Å²) >= 11 is 3.28. The van der Waals surface area contributed by atoms with Crippen LogP contribution in [0.5, 0.6) is 0 Å². The molecule has 0 aliphatic heterocycles. The molecule has 0 bridgehead atoms. The van der Waals surface area contributed by atoms with E-state index in [9.17, 15) is 4.79 Å². The molecule has 5 heteroatoms. The minimum Gasteiger partial charge on any atom is -0.305 e. The zero-order chi connectivity index (χ0) is 12.3. The predicted octanol–water partition coefficient (Wildman–Crippen LogP) is 2.80. The van der Waals surface area contributed by atoms with Gasteiger partial charge in [-0.2, -0.15) is 0 Å². The maximum Gasteiger partial charge on any atom is 0.275 e. The molecular weight excluding hydrogens is 282 g/mol. The number of hydrogen-bond donors (Lipinski definition) is 1. The molecule has 0 aromatic carbocycles. The van der Waals surface area contributed by atoms with Gasteiger partial charge in [-0.25, -0.2) is 4.98 Å². The van der Waals surface area contributed by atoms with Crippen LogP contribution in [-0.2, 0) is 0 Å². The first-order valence-corrected chi connectivity index (χ1v) is 5.80. The fraction of sp³-hybridized carbons (Fsp3) is 0.0833. The Kier molecular flexibility index (Phi) is 3.49. The number of nitrogens with zero attached hydrogens (tertiary/aromatic N) is 2. The molecule has 0 unspecified atom stereocenters. The van der Waals surface area contributed by atoms with Gasteiger partial charge < -0.3 is 5.32 Å². The van der Waals surface area contributed by atoms with Gasteiger partial charge in [-0.15, -0.1) is 0 Å². The van der Waals surface area contributed by atoms with E-state index in [-0.39, 0.29) is 5.91 Å². The molecule has 2 heterocycles. The van der Waals surface area contributed by atoms with Gasteiger partial charge in [-0.1, -0.05) is 6.07 Å². The zero-order valence-corrected chi connectivity index (χ0v) is 10.7. The SMILES string of the molecule is Cc1cccnc1C(=O)Nc1ccc(Br)cn1. The van der Waals surface area contributed by atoms with E-state index in [4.69, 9.17) is 0 Å². The van der Waals surface area contributed by atoms with Crippen molar-refractivity contribution in [3.63, 3.8) is 0 Å². The van der Waals surface area contributed by atoms with E-state index < -0.39 is 0 Å². The van der Waals surface area contributed by atoms with Gasteiger partial charge in [-0.3, -0.25) is 9.78 Å². The van der Waals surface area contributed by atoms with Crippen LogP contribution in [0.4, 0.5) is 5.82 Å². The number of aromatic nitrogens is 2. The number of nitrogens with one attached hydrogen (secondary N) is 1. The quantitative estimate of drug-likeness (QED) is 0.926. The zero-order valence-electron chi connectivity index (χ0n) is 9.14. The monoisotopic (exact) mass is 291 g/mol. The van der Waals surface area contributed by atoms with Crippen molar-refractivity contribution >= 4 is 27.7 Å². The highest BCUT2D eigenvalue weighted by Gasteiger charge is 2.10. The number of carbonyl (C=O) groups excluding carboxylic acids is 1. The normalized spacial score (nSPS) is 10.0. The molecule has 1 amide bonds. The summed E-state index contributed by atoms with van der Waals surface area (Å²) < 4.78 is 0.865. The van der Waals surface area contributed by atoms with E-state index in [0.29, 0.717) is 11.5 Å². The van der Waals surface area contributed by atoms with Crippen LogP contribution in [0, 0.1) is 6.92 Å². The molecule has 2 aromatic heterocycles. The van der Waals surface area contributed by atoms with Crippen molar-refractivity contribution in [2.24, 2.45) is 0 Å². The number of pyridine rings is 2. The average molecular weight is 292 g/mol. The van der Waals surface area contributed by atoms with Crippen LogP contribution in [-0.4, -0.2) is 15.9 Å². The van der Waals surface area contributed by atoms with Gasteiger partial charge in [0.25, 0.3) is 5.91 Å². The Morgan fingerprint density at radius 3 is 2.76 bits per heavy atom. The molecule has 1 N–H and O–H groups in total. The van der Waals surface area contributed by atoms with Crippen molar-refractivity contribution in [3.8, 4) is 0 Å². The highest BCUT2D eigenvalue weighted by atomic mass is 79.9. The summed E-state index contributed by atoms with van der Waals surface area (Å²) in [6.07, 6.45) is 3.22. The van der Waals surface area contributed by atoms with Gasteiger partial charge in [0.05, 0.1) is 0 Å². The lowest BCUT2D eigenvalue weighted by Crippen LogP contribution is -2.15. The highest BCUT2D eigenvalue weighted by molar-refractivity contribution is 9.10. The largest absolute Gasteiger partial charge is 0.305 e. The number of carbonyl (C=O) groups is 1. The van der Waals surface area contributed by atoms with E-state index in [0.717, 1.165) is 10.0 Å². The Morgan fingerprint density at radius 2 is 2.12 bits per heavy atom. The van der Waals surface area contributed by atoms with Crippen molar-refractivity contribution in [3.05, 3.63) is 52.4 Å². The smallest absolute Gasteiger partial charge is 0.275 e. The Bertz CT molecular complexity index is 540. The van der Waals surface area contributed by atoms with E-state index >= 15 is 0 Å². The summed E-state index contributed by atoms with van der Waals surface area (Å²) in [6, 6.07) is 7.18. The van der Waals surface area contributed by atoms with E-state index in [1.54, 1.807) is 24.5 Å². The molecule has 4 nitrogen and oxygen atoms in total.